The van der Waals surface area contributed by atoms with Gasteiger partial charge in [0.2, 0.25) is 11.9 Å². The second kappa shape index (κ2) is 8.66. The normalized spacial score (nSPS) is 14.5. The molecule has 1 amide bonds. The molecule has 3 heterocycles. The molecular formula is C24H24N6O2. The summed E-state index contributed by atoms with van der Waals surface area (Å²) in [6, 6.07) is 20.7. The number of aromatic amines is 1. The van der Waals surface area contributed by atoms with Crippen molar-refractivity contribution in [3.8, 4) is 11.3 Å². The summed E-state index contributed by atoms with van der Waals surface area (Å²) in [6.45, 7) is 2.64. The van der Waals surface area contributed by atoms with Gasteiger partial charge in [-0.2, -0.15) is 5.10 Å². The average Bonchev–Trinajstić information content (AvgIpc) is 3.10. The molecule has 0 spiro atoms. The highest BCUT2D eigenvalue weighted by Gasteiger charge is 2.22. The van der Waals surface area contributed by atoms with E-state index >= 15 is 0 Å². The Bertz CT molecular complexity index is 1260. The number of rotatable bonds is 4. The Morgan fingerprint density at radius 3 is 2.56 bits per heavy atom. The Labute approximate surface area is 185 Å². The Hall–Kier alpha value is -3.94. The zero-order valence-corrected chi connectivity index (χ0v) is 17.6. The third-order valence-electron chi connectivity index (χ3n) is 5.75. The number of H-pyrrole nitrogens is 1. The van der Waals surface area contributed by atoms with Crippen molar-refractivity contribution in [3.05, 3.63) is 77.1 Å². The predicted octanol–water partition coefficient (Wildman–Crippen LogP) is 2.53. The molecule has 0 aliphatic carbocycles. The fourth-order valence-electron chi connectivity index (χ4n) is 4.02. The molecule has 0 atom stereocenters. The summed E-state index contributed by atoms with van der Waals surface area (Å²) in [7, 11) is 0. The topological polar surface area (TPSA) is 87.1 Å². The van der Waals surface area contributed by atoms with Gasteiger partial charge in [-0.3, -0.25) is 9.59 Å². The minimum atomic E-state index is -0.281. The van der Waals surface area contributed by atoms with E-state index in [1.165, 1.54) is 10.7 Å². The van der Waals surface area contributed by atoms with E-state index in [0.29, 0.717) is 25.3 Å². The average molecular weight is 428 g/mol. The van der Waals surface area contributed by atoms with Gasteiger partial charge >= 0.3 is 0 Å². The number of para-hydroxylation sites is 2. The highest BCUT2D eigenvalue weighted by atomic mass is 16.2. The van der Waals surface area contributed by atoms with Crippen LogP contribution in [-0.4, -0.2) is 56.7 Å². The summed E-state index contributed by atoms with van der Waals surface area (Å²) in [5, 5.41) is 4.42. The lowest BCUT2D eigenvalue weighted by molar-refractivity contribution is -0.131. The van der Waals surface area contributed by atoms with Crippen molar-refractivity contribution in [1.82, 2.24) is 24.6 Å². The van der Waals surface area contributed by atoms with Crippen LogP contribution in [0.5, 0.6) is 0 Å². The molecule has 32 heavy (non-hydrogen) atoms. The van der Waals surface area contributed by atoms with E-state index in [4.69, 9.17) is 0 Å². The molecule has 162 valence electrons. The van der Waals surface area contributed by atoms with Crippen LogP contribution >= 0.6 is 0 Å². The molecule has 2 aromatic heterocycles. The van der Waals surface area contributed by atoms with Crippen LogP contribution in [0.15, 0.2) is 71.5 Å². The van der Waals surface area contributed by atoms with Crippen molar-refractivity contribution in [3.63, 3.8) is 0 Å². The van der Waals surface area contributed by atoms with Gasteiger partial charge < -0.3 is 14.8 Å². The number of benzene rings is 2. The molecule has 1 N–H and O–H groups in total. The minimum absolute atomic E-state index is 0.0653. The standard InChI is InChI=1S/C24H24N6O2/c31-22-12-11-19(18-7-2-1-3-8-18)27-30(22)17-23(32)28-13-6-14-29(16-15-28)24-25-20-9-4-5-10-21(20)26-24/h1-5,7-12H,6,13-17H2,(H,25,26). The molecule has 8 heteroatoms. The van der Waals surface area contributed by atoms with Crippen LogP contribution in [0.3, 0.4) is 0 Å². The summed E-state index contributed by atoms with van der Waals surface area (Å²) in [5.74, 6) is 0.727. The lowest BCUT2D eigenvalue weighted by Gasteiger charge is -2.22. The van der Waals surface area contributed by atoms with E-state index in [2.05, 4.69) is 20.0 Å². The van der Waals surface area contributed by atoms with E-state index in [1.54, 1.807) is 6.07 Å². The number of nitrogens with zero attached hydrogens (tertiary/aromatic N) is 5. The Balaban J connectivity index is 1.28. The van der Waals surface area contributed by atoms with E-state index in [1.807, 2.05) is 59.5 Å². The lowest BCUT2D eigenvalue weighted by atomic mass is 10.1. The molecule has 5 rings (SSSR count). The number of hydrogen-bond donors (Lipinski definition) is 1. The number of anilines is 1. The number of nitrogens with one attached hydrogen (secondary N) is 1. The molecule has 0 saturated carbocycles. The van der Waals surface area contributed by atoms with Crippen LogP contribution in [0.4, 0.5) is 5.95 Å². The van der Waals surface area contributed by atoms with Crippen molar-refractivity contribution in [2.75, 3.05) is 31.1 Å². The van der Waals surface area contributed by atoms with Crippen LogP contribution in [-0.2, 0) is 11.3 Å². The van der Waals surface area contributed by atoms with Gasteiger partial charge in [0.25, 0.3) is 5.56 Å². The van der Waals surface area contributed by atoms with Gasteiger partial charge in [-0.15, -0.1) is 0 Å². The molecular weight excluding hydrogens is 404 g/mol. The summed E-state index contributed by atoms with van der Waals surface area (Å²) in [6.07, 6.45) is 0.829. The van der Waals surface area contributed by atoms with Gasteiger partial charge in [0.05, 0.1) is 16.7 Å². The smallest absolute Gasteiger partial charge is 0.267 e. The molecule has 2 aromatic carbocycles. The number of fused-ring (bicyclic) bond motifs is 1. The molecule has 0 radical (unpaired) electrons. The molecule has 1 saturated heterocycles. The third kappa shape index (κ3) is 4.12. The van der Waals surface area contributed by atoms with Gasteiger partial charge in [0.15, 0.2) is 0 Å². The molecule has 1 aliphatic heterocycles. The highest BCUT2D eigenvalue weighted by molar-refractivity contribution is 5.78. The molecule has 0 bridgehead atoms. The van der Waals surface area contributed by atoms with Gasteiger partial charge in [-0.1, -0.05) is 42.5 Å². The minimum Gasteiger partial charge on any atom is -0.341 e. The quantitative estimate of drug-likeness (QED) is 0.540. The van der Waals surface area contributed by atoms with Crippen LogP contribution in [0, 0.1) is 0 Å². The van der Waals surface area contributed by atoms with E-state index in [-0.39, 0.29) is 18.0 Å². The first-order valence-electron chi connectivity index (χ1n) is 10.8. The van der Waals surface area contributed by atoms with Crippen molar-refractivity contribution in [2.45, 2.75) is 13.0 Å². The van der Waals surface area contributed by atoms with E-state index in [0.717, 1.165) is 35.5 Å². The fourth-order valence-corrected chi connectivity index (χ4v) is 4.02. The SMILES string of the molecule is O=C(Cn1nc(-c2ccccc2)ccc1=O)N1CCCN(c2nc3ccccc3[nH]2)CC1. The first-order chi connectivity index (χ1) is 15.7. The summed E-state index contributed by atoms with van der Waals surface area (Å²) in [4.78, 5) is 37.3. The molecule has 4 aromatic rings. The lowest BCUT2D eigenvalue weighted by Crippen LogP contribution is -2.39. The molecule has 0 unspecified atom stereocenters. The van der Waals surface area contributed by atoms with Gasteiger partial charge in [0.1, 0.15) is 6.54 Å². The zero-order chi connectivity index (χ0) is 21.9. The monoisotopic (exact) mass is 428 g/mol. The van der Waals surface area contributed by atoms with Crippen LogP contribution in [0.25, 0.3) is 22.3 Å². The molecule has 8 nitrogen and oxygen atoms in total. The number of carbonyl (C=O) groups excluding carboxylic acids is 1. The van der Waals surface area contributed by atoms with E-state index in [9.17, 15) is 9.59 Å². The highest BCUT2D eigenvalue weighted by Crippen LogP contribution is 2.19. The second-order valence-corrected chi connectivity index (χ2v) is 7.88. The number of imidazole rings is 1. The first kappa shape index (κ1) is 20.0. The van der Waals surface area contributed by atoms with Gasteiger partial charge in [0, 0.05) is 37.8 Å². The Morgan fingerprint density at radius 1 is 0.906 bits per heavy atom. The Morgan fingerprint density at radius 2 is 1.72 bits per heavy atom. The molecule has 1 fully saturated rings. The summed E-state index contributed by atoms with van der Waals surface area (Å²) in [5.41, 5.74) is 3.23. The van der Waals surface area contributed by atoms with E-state index < -0.39 is 0 Å². The first-order valence-corrected chi connectivity index (χ1v) is 10.8. The van der Waals surface area contributed by atoms with Gasteiger partial charge in [-0.05, 0) is 24.6 Å². The Kier molecular flexibility index (Phi) is 5.41. The largest absolute Gasteiger partial charge is 0.341 e. The van der Waals surface area contributed by atoms with Crippen LogP contribution < -0.4 is 10.5 Å². The summed E-state index contributed by atoms with van der Waals surface area (Å²) < 4.78 is 1.26. The number of hydrogen-bond acceptors (Lipinski definition) is 5. The maximum absolute atomic E-state index is 13.0. The fraction of sp³-hybridized carbons (Fsp3) is 0.250. The van der Waals surface area contributed by atoms with Crippen molar-refractivity contribution >= 4 is 22.9 Å². The van der Waals surface area contributed by atoms with Crippen LogP contribution in [0.1, 0.15) is 6.42 Å². The van der Waals surface area contributed by atoms with Crippen molar-refractivity contribution < 1.29 is 4.79 Å². The third-order valence-corrected chi connectivity index (χ3v) is 5.75. The predicted molar refractivity (Wildman–Crippen MR) is 123 cm³/mol. The second-order valence-electron chi connectivity index (χ2n) is 7.88. The maximum atomic E-state index is 13.0. The number of aromatic nitrogens is 4. The number of carbonyl (C=O) groups is 1. The summed E-state index contributed by atoms with van der Waals surface area (Å²) >= 11 is 0. The van der Waals surface area contributed by atoms with Gasteiger partial charge in [-0.25, -0.2) is 9.67 Å². The van der Waals surface area contributed by atoms with Crippen molar-refractivity contribution in [2.24, 2.45) is 0 Å². The van der Waals surface area contributed by atoms with Crippen molar-refractivity contribution in [1.29, 1.82) is 0 Å². The number of amides is 1. The zero-order valence-electron chi connectivity index (χ0n) is 17.6. The molecule has 1 aliphatic rings. The maximum Gasteiger partial charge on any atom is 0.267 e. The van der Waals surface area contributed by atoms with Crippen LogP contribution in [0.2, 0.25) is 0 Å².